The lowest BCUT2D eigenvalue weighted by molar-refractivity contribution is 0.0526. The van der Waals surface area contributed by atoms with Crippen molar-refractivity contribution in [1.82, 2.24) is 5.32 Å². The Morgan fingerprint density at radius 2 is 2.00 bits per heavy atom. The predicted octanol–water partition coefficient (Wildman–Crippen LogP) is 3.33. The van der Waals surface area contributed by atoms with Crippen LogP contribution in [0.3, 0.4) is 0 Å². The summed E-state index contributed by atoms with van der Waals surface area (Å²) in [5.41, 5.74) is 1.61. The predicted molar refractivity (Wildman–Crippen MR) is 84.2 cm³/mol. The van der Waals surface area contributed by atoms with Gasteiger partial charge in [-0.05, 0) is 52.0 Å². The highest BCUT2D eigenvalue weighted by atomic mass is 32.1. The zero-order valence-corrected chi connectivity index (χ0v) is 13.6. The van der Waals surface area contributed by atoms with E-state index in [2.05, 4.69) is 10.6 Å². The van der Waals surface area contributed by atoms with Gasteiger partial charge in [-0.2, -0.15) is 0 Å². The summed E-state index contributed by atoms with van der Waals surface area (Å²) in [7, 11) is 0. The van der Waals surface area contributed by atoms with Crippen molar-refractivity contribution in [2.75, 3.05) is 11.9 Å². The van der Waals surface area contributed by atoms with Gasteiger partial charge in [0.1, 0.15) is 5.00 Å². The van der Waals surface area contributed by atoms with Crippen molar-refractivity contribution in [3.63, 3.8) is 0 Å². The van der Waals surface area contributed by atoms with E-state index in [1.807, 2.05) is 13.8 Å². The van der Waals surface area contributed by atoms with Crippen LogP contribution in [0.2, 0.25) is 0 Å². The molecule has 0 aliphatic heterocycles. The average molecular weight is 310 g/mol. The maximum atomic E-state index is 12.2. The van der Waals surface area contributed by atoms with Gasteiger partial charge < -0.3 is 10.1 Å². The van der Waals surface area contributed by atoms with Gasteiger partial charge in [-0.1, -0.05) is 0 Å². The highest BCUT2D eigenvalue weighted by Crippen LogP contribution is 2.38. The van der Waals surface area contributed by atoms with Crippen LogP contribution in [0.4, 0.5) is 9.80 Å². The first-order chi connectivity index (χ1) is 10.0. The molecule has 0 spiro atoms. The van der Waals surface area contributed by atoms with Crippen molar-refractivity contribution in [2.45, 2.75) is 52.5 Å². The van der Waals surface area contributed by atoms with E-state index in [0.717, 1.165) is 31.2 Å². The number of urea groups is 1. The van der Waals surface area contributed by atoms with Gasteiger partial charge >= 0.3 is 12.0 Å². The zero-order chi connectivity index (χ0) is 15.4. The van der Waals surface area contributed by atoms with Crippen LogP contribution in [-0.4, -0.2) is 24.6 Å². The van der Waals surface area contributed by atoms with Gasteiger partial charge in [-0.3, -0.25) is 5.32 Å². The van der Waals surface area contributed by atoms with Gasteiger partial charge in [0.05, 0.1) is 12.2 Å². The normalized spacial score (nSPS) is 13.7. The molecule has 21 heavy (non-hydrogen) atoms. The number of thiophene rings is 1. The minimum Gasteiger partial charge on any atom is -0.462 e. The summed E-state index contributed by atoms with van der Waals surface area (Å²) in [5, 5.41) is 6.19. The largest absolute Gasteiger partial charge is 0.462 e. The summed E-state index contributed by atoms with van der Waals surface area (Å²) in [5.74, 6) is -0.336. The Morgan fingerprint density at radius 3 is 2.67 bits per heavy atom. The molecule has 1 heterocycles. The molecule has 0 radical (unpaired) electrons. The van der Waals surface area contributed by atoms with E-state index in [1.165, 1.54) is 16.2 Å². The molecule has 1 aliphatic carbocycles. The van der Waals surface area contributed by atoms with Crippen LogP contribution in [0.1, 0.15) is 54.4 Å². The molecule has 0 bridgehead atoms. The van der Waals surface area contributed by atoms with Crippen molar-refractivity contribution in [2.24, 2.45) is 0 Å². The third-order valence-corrected chi connectivity index (χ3v) is 4.50. The van der Waals surface area contributed by atoms with Crippen LogP contribution in [0.15, 0.2) is 0 Å². The monoisotopic (exact) mass is 310 g/mol. The number of amides is 2. The van der Waals surface area contributed by atoms with Crippen LogP contribution in [0.25, 0.3) is 0 Å². The Kier molecular flexibility index (Phi) is 5.22. The quantitative estimate of drug-likeness (QED) is 0.838. The molecule has 1 aromatic rings. The highest BCUT2D eigenvalue weighted by molar-refractivity contribution is 7.17. The molecule has 5 nitrogen and oxygen atoms in total. The first kappa shape index (κ1) is 15.8. The molecule has 0 atom stereocenters. The van der Waals surface area contributed by atoms with Gasteiger partial charge in [-0.15, -0.1) is 11.3 Å². The first-order valence-corrected chi connectivity index (χ1v) is 8.23. The SMILES string of the molecule is CCOC(=O)c1c(NC(=O)NC(C)C)sc2c1CCCC2. The summed E-state index contributed by atoms with van der Waals surface area (Å²) in [4.78, 5) is 25.3. The van der Waals surface area contributed by atoms with E-state index < -0.39 is 0 Å². The minimum atomic E-state index is -0.336. The maximum Gasteiger partial charge on any atom is 0.341 e. The minimum absolute atomic E-state index is 0.0469. The lowest BCUT2D eigenvalue weighted by atomic mass is 9.95. The van der Waals surface area contributed by atoms with Gasteiger partial charge in [-0.25, -0.2) is 9.59 Å². The maximum absolute atomic E-state index is 12.2. The number of carbonyl (C=O) groups is 2. The Balaban J connectivity index is 2.28. The van der Waals surface area contributed by atoms with Crippen molar-refractivity contribution >= 4 is 28.3 Å². The number of anilines is 1. The van der Waals surface area contributed by atoms with E-state index >= 15 is 0 Å². The molecule has 6 heteroatoms. The number of rotatable bonds is 4. The number of nitrogens with one attached hydrogen (secondary N) is 2. The number of aryl methyl sites for hydroxylation is 1. The van der Waals surface area contributed by atoms with Crippen LogP contribution >= 0.6 is 11.3 Å². The molecular formula is C15H22N2O3S. The van der Waals surface area contributed by atoms with Crippen molar-refractivity contribution in [1.29, 1.82) is 0 Å². The second kappa shape index (κ2) is 6.93. The summed E-state index contributed by atoms with van der Waals surface area (Å²) in [6.45, 7) is 5.91. The number of esters is 1. The molecule has 116 valence electrons. The van der Waals surface area contributed by atoms with E-state index in [1.54, 1.807) is 6.92 Å². The highest BCUT2D eigenvalue weighted by Gasteiger charge is 2.27. The van der Waals surface area contributed by atoms with Crippen LogP contribution in [0, 0.1) is 0 Å². The second-order valence-corrected chi connectivity index (χ2v) is 6.49. The number of hydrogen-bond donors (Lipinski definition) is 2. The van der Waals surface area contributed by atoms with Gasteiger partial charge in [0.15, 0.2) is 0 Å². The summed E-state index contributed by atoms with van der Waals surface area (Å²) < 4.78 is 5.15. The standard InChI is InChI=1S/C15H22N2O3S/c1-4-20-14(18)12-10-7-5-6-8-11(10)21-13(12)17-15(19)16-9(2)3/h9H,4-8H2,1-3H3,(H2,16,17,19). The molecule has 2 N–H and O–H groups in total. The second-order valence-electron chi connectivity index (χ2n) is 5.39. The number of hydrogen-bond acceptors (Lipinski definition) is 4. The fourth-order valence-corrected chi connectivity index (χ4v) is 3.75. The molecular weight excluding hydrogens is 288 g/mol. The zero-order valence-electron chi connectivity index (χ0n) is 12.7. The van der Waals surface area contributed by atoms with Gasteiger partial charge in [0.25, 0.3) is 0 Å². The van der Waals surface area contributed by atoms with Gasteiger partial charge in [0, 0.05) is 10.9 Å². The first-order valence-electron chi connectivity index (χ1n) is 7.42. The molecule has 1 aromatic heterocycles. The fraction of sp³-hybridized carbons (Fsp3) is 0.600. The van der Waals surface area contributed by atoms with E-state index in [9.17, 15) is 9.59 Å². The number of ether oxygens (including phenoxy) is 1. The smallest absolute Gasteiger partial charge is 0.341 e. The topological polar surface area (TPSA) is 67.4 Å². The lowest BCUT2D eigenvalue weighted by Crippen LogP contribution is -2.34. The fourth-order valence-electron chi connectivity index (χ4n) is 2.47. The average Bonchev–Trinajstić information content (AvgIpc) is 2.75. The van der Waals surface area contributed by atoms with E-state index in [4.69, 9.17) is 4.74 Å². The molecule has 1 aliphatic rings. The molecule has 0 unspecified atom stereocenters. The molecule has 0 saturated carbocycles. The number of fused-ring (bicyclic) bond motifs is 1. The van der Waals surface area contributed by atoms with Crippen LogP contribution in [-0.2, 0) is 17.6 Å². The van der Waals surface area contributed by atoms with Crippen molar-refractivity contribution in [3.05, 3.63) is 16.0 Å². The third-order valence-electron chi connectivity index (χ3n) is 3.30. The van der Waals surface area contributed by atoms with Crippen molar-refractivity contribution in [3.8, 4) is 0 Å². The molecule has 2 rings (SSSR count). The Morgan fingerprint density at radius 1 is 1.29 bits per heavy atom. The van der Waals surface area contributed by atoms with Gasteiger partial charge in [0.2, 0.25) is 0 Å². The van der Waals surface area contributed by atoms with E-state index in [0.29, 0.717) is 17.2 Å². The lowest BCUT2D eigenvalue weighted by Gasteiger charge is -2.13. The van der Waals surface area contributed by atoms with Crippen LogP contribution in [0.5, 0.6) is 0 Å². The molecule has 0 saturated heterocycles. The third kappa shape index (κ3) is 3.75. The molecule has 0 aromatic carbocycles. The summed E-state index contributed by atoms with van der Waals surface area (Å²) in [6.07, 6.45) is 4.06. The van der Waals surface area contributed by atoms with Crippen LogP contribution < -0.4 is 10.6 Å². The summed E-state index contributed by atoms with van der Waals surface area (Å²) >= 11 is 1.50. The molecule has 2 amide bonds. The Hall–Kier alpha value is -1.56. The van der Waals surface area contributed by atoms with E-state index in [-0.39, 0.29) is 18.0 Å². The van der Waals surface area contributed by atoms with Crippen molar-refractivity contribution < 1.29 is 14.3 Å². The molecule has 0 fully saturated rings. The Bertz CT molecular complexity index is 537. The number of carbonyl (C=O) groups excluding carboxylic acids is 2. The Labute approximate surface area is 129 Å². The summed E-state index contributed by atoms with van der Waals surface area (Å²) in [6, 6.07) is -0.236.